The van der Waals surface area contributed by atoms with Gasteiger partial charge in [-0.3, -0.25) is 9.59 Å². The minimum absolute atomic E-state index is 0.0982. The third-order valence-electron chi connectivity index (χ3n) is 4.10. The first kappa shape index (κ1) is 21.3. The molecular formula is C18H27N3O5S. The van der Waals surface area contributed by atoms with E-state index in [0.717, 1.165) is 5.56 Å². The third kappa shape index (κ3) is 5.75. The number of nitrogens with one attached hydrogen (secondary N) is 2. The average Bonchev–Trinajstić information content (AvgIpc) is 2.64. The number of aryl methyl sites for hydroxylation is 1. The molecule has 150 valence electrons. The molecule has 2 N–H and O–H groups in total. The molecule has 1 unspecified atom stereocenters. The highest BCUT2D eigenvalue weighted by Gasteiger charge is 2.34. The van der Waals surface area contributed by atoms with Crippen LogP contribution in [0, 0.1) is 12.8 Å². The number of benzene rings is 1. The Bertz CT molecular complexity index is 762. The second kappa shape index (κ2) is 9.29. The van der Waals surface area contributed by atoms with Crippen LogP contribution in [0.1, 0.15) is 25.8 Å². The fraction of sp³-hybridized carbons (Fsp3) is 0.556. The van der Waals surface area contributed by atoms with E-state index in [1.165, 1.54) is 4.31 Å². The monoisotopic (exact) mass is 397 g/mol. The molecule has 9 heteroatoms. The van der Waals surface area contributed by atoms with Gasteiger partial charge >= 0.3 is 11.8 Å². The van der Waals surface area contributed by atoms with Crippen molar-refractivity contribution in [2.45, 2.75) is 38.3 Å². The molecule has 1 fully saturated rings. The van der Waals surface area contributed by atoms with E-state index in [1.807, 2.05) is 20.8 Å². The molecule has 0 bridgehead atoms. The summed E-state index contributed by atoms with van der Waals surface area (Å²) >= 11 is 0. The summed E-state index contributed by atoms with van der Waals surface area (Å²) in [6.07, 6.45) is -0.295. The minimum atomic E-state index is -3.76. The normalized spacial score (nSPS) is 18.3. The largest absolute Gasteiger partial charge is 0.360 e. The van der Waals surface area contributed by atoms with Crippen molar-refractivity contribution in [3.05, 3.63) is 29.8 Å². The first-order chi connectivity index (χ1) is 12.7. The second-order valence-electron chi connectivity index (χ2n) is 6.92. The van der Waals surface area contributed by atoms with Gasteiger partial charge < -0.3 is 15.4 Å². The molecule has 1 aliphatic rings. The molecule has 2 amide bonds. The maximum atomic E-state index is 12.9. The third-order valence-corrected chi connectivity index (χ3v) is 6.00. The molecule has 1 aromatic carbocycles. The Morgan fingerprint density at radius 3 is 2.44 bits per heavy atom. The van der Waals surface area contributed by atoms with E-state index in [0.29, 0.717) is 19.6 Å². The van der Waals surface area contributed by atoms with Crippen molar-refractivity contribution >= 4 is 21.8 Å². The highest BCUT2D eigenvalue weighted by molar-refractivity contribution is 7.89. The Hall–Kier alpha value is -1.97. The zero-order chi connectivity index (χ0) is 20.0. The van der Waals surface area contributed by atoms with Gasteiger partial charge in [0.15, 0.2) is 0 Å². The number of nitrogens with zero attached hydrogens (tertiary/aromatic N) is 1. The summed E-state index contributed by atoms with van der Waals surface area (Å²) in [6, 6.07) is 6.56. The van der Waals surface area contributed by atoms with Crippen LogP contribution in [0.5, 0.6) is 0 Å². The molecule has 1 atom stereocenters. The van der Waals surface area contributed by atoms with E-state index in [4.69, 9.17) is 4.74 Å². The van der Waals surface area contributed by atoms with E-state index < -0.39 is 28.1 Å². The highest BCUT2D eigenvalue weighted by atomic mass is 32.2. The van der Waals surface area contributed by atoms with Crippen LogP contribution >= 0.6 is 0 Å². The van der Waals surface area contributed by atoms with Gasteiger partial charge in [0.1, 0.15) is 6.23 Å². The minimum Gasteiger partial charge on any atom is -0.360 e. The standard InChI is InChI=1S/C18H27N3O5S/c1-13(2)11-19-17(22)18(23)20-12-16-21(9-4-10-26-16)27(24,25)15-7-5-14(3)6-8-15/h5-8,13,16H,4,9-12H2,1-3H3,(H,19,22)(H,20,23). The molecule has 0 aliphatic carbocycles. The Balaban J connectivity index is 2.03. The highest BCUT2D eigenvalue weighted by Crippen LogP contribution is 2.22. The molecular weight excluding hydrogens is 370 g/mol. The SMILES string of the molecule is Cc1ccc(S(=O)(=O)N2CCCOC2CNC(=O)C(=O)NCC(C)C)cc1. The molecule has 1 heterocycles. The fourth-order valence-electron chi connectivity index (χ4n) is 2.59. The fourth-order valence-corrected chi connectivity index (χ4v) is 4.15. The number of hydrogen-bond donors (Lipinski definition) is 2. The molecule has 0 spiro atoms. The summed E-state index contributed by atoms with van der Waals surface area (Å²) < 4.78 is 32.6. The Morgan fingerprint density at radius 1 is 1.19 bits per heavy atom. The summed E-state index contributed by atoms with van der Waals surface area (Å²) in [4.78, 5) is 23.8. The number of sulfonamides is 1. The van der Waals surface area contributed by atoms with Crippen LogP contribution in [0.2, 0.25) is 0 Å². The molecule has 8 nitrogen and oxygen atoms in total. The van der Waals surface area contributed by atoms with Crippen LogP contribution in [0.3, 0.4) is 0 Å². The van der Waals surface area contributed by atoms with Crippen molar-refractivity contribution in [3.63, 3.8) is 0 Å². The van der Waals surface area contributed by atoms with Crippen LogP contribution in [0.15, 0.2) is 29.2 Å². The number of amides is 2. The number of rotatable bonds is 6. The van der Waals surface area contributed by atoms with Crippen LogP contribution < -0.4 is 10.6 Å². The Labute approximate surface area is 160 Å². The van der Waals surface area contributed by atoms with Gasteiger partial charge in [0, 0.05) is 13.1 Å². The van der Waals surface area contributed by atoms with Crippen molar-refractivity contribution in [1.29, 1.82) is 0 Å². The van der Waals surface area contributed by atoms with Crippen LogP contribution in [-0.2, 0) is 24.3 Å². The number of carbonyl (C=O) groups is 2. The maximum absolute atomic E-state index is 12.9. The summed E-state index contributed by atoms with van der Waals surface area (Å²) in [5.74, 6) is -1.33. The number of ether oxygens (including phenoxy) is 1. The van der Waals surface area contributed by atoms with Crippen LogP contribution in [0.4, 0.5) is 0 Å². The Morgan fingerprint density at radius 2 is 1.81 bits per heavy atom. The van der Waals surface area contributed by atoms with Gasteiger partial charge in [-0.05, 0) is 31.4 Å². The summed E-state index contributed by atoms with van der Waals surface area (Å²) in [5.41, 5.74) is 0.958. The van der Waals surface area contributed by atoms with E-state index in [1.54, 1.807) is 24.3 Å². The second-order valence-corrected chi connectivity index (χ2v) is 8.81. The molecule has 1 aromatic rings. The average molecular weight is 397 g/mol. The Kier molecular flexibility index (Phi) is 7.34. The van der Waals surface area contributed by atoms with Gasteiger partial charge in [0.2, 0.25) is 10.0 Å². The number of hydrogen-bond acceptors (Lipinski definition) is 5. The summed E-state index contributed by atoms with van der Waals surface area (Å²) in [7, 11) is -3.76. The zero-order valence-electron chi connectivity index (χ0n) is 15.9. The molecule has 0 saturated carbocycles. The first-order valence-corrected chi connectivity index (χ1v) is 10.4. The van der Waals surface area contributed by atoms with Gasteiger partial charge in [-0.15, -0.1) is 0 Å². The molecule has 1 saturated heterocycles. The first-order valence-electron chi connectivity index (χ1n) is 8.98. The summed E-state index contributed by atoms with van der Waals surface area (Å²) in [6.45, 7) is 6.68. The van der Waals surface area contributed by atoms with E-state index >= 15 is 0 Å². The lowest BCUT2D eigenvalue weighted by Crippen LogP contribution is -2.53. The quantitative estimate of drug-likeness (QED) is 0.685. The zero-order valence-corrected chi connectivity index (χ0v) is 16.7. The van der Waals surface area contributed by atoms with Crippen molar-refractivity contribution in [1.82, 2.24) is 14.9 Å². The van der Waals surface area contributed by atoms with E-state index in [2.05, 4.69) is 10.6 Å². The predicted molar refractivity (Wildman–Crippen MR) is 100 cm³/mol. The van der Waals surface area contributed by atoms with E-state index in [-0.39, 0.29) is 23.9 Å². The molecule has 1 aliphatic heterocycles. The van der Waals surface area contributed by atoms with Crippen molar-refractivity contribution < 1.29 is 22.7 Å². The van der Waals surface area contributed by atoms with Gasteiger partial charge in [-0.1, -0.05) is 31.5 Å². The lowest BCUT2D eigenvalue weighted by molar-refractivity contribution is -0.140. The molecule has 2 rings (SSSR count). The van der Waals surface area contributed by atoms with Crippen LogP contribution in [0.25, 0.3) is 0 Å². The van der Waals surface area contributed by atoms with Gasteiger partial charge in [0.25, 0.3) is 0 Å². The van der Waals surface area contributed by atoms with E-state index in [9.17, 15) is 18.0 Å². The van der Waals surface area contributed by atoms with Crippen molar-refractivity contribution in [2.24, 2.45) is 5.92 Å². The van der Waals surface area contributed by atoms with Crippen molar-refractivity contribution in [3.8, 4) is 0 Å². The lowest BCUT2D eigenvalue weighted by Gasteiger charge is -2.34. The van der Waals surface area contributed by atoms with Gasteiger partial charge in [-0.25, -0.2) is 8.42 Å². The maximum Gasteiger partial charge on any atom is 0.309 e. The smallest absolute Gasteiger partial charge is 0.309 e. The van der Waals surface area contributed by atoms with Crippen LogP contribution in [-0.4, -0.2) is 57.0 Å². The molecule has 0 aromatic heterocycles. The predicted octanol–water partition coefficient (Wildman–Crippen LogP) is 0.621. The van der Waals surface area contributed by atoms with Crippen molar-refractivity contribution in [2.75, 3.05) is 26.2 Å². The molecule has 27 heavy (non-hydrogen) atoms. The van der Waals surface area contributed by atoms with Gasteiger partial charge in [-0.2, -0.15) is 4.31 Å². The lowest BCUT2D eigenvalue weighted by atomic mass is 10.2. The summed E-state index contributed by atoms with van der Waals surface area (Å²) in [5, 5.41) is 4.97. The molecule has 0 radical (unpaired) electrons. The van der Waals surface area contributed by atoms with Gasteiger partial charge in [0.05, 0.1) is 18.0 Å². The topological polar surface area (TPSA) is 105 Å². The number of carbonyl (C=O) groups excluding carboxylic acids is 2.